The second-order valence-electron chi connectivity index (χ2n) is 7.68. The molecule has 2 aromatic carbocycles. The fraction of sp³-hybridized carbons (Fsp3) is 0.217. The maximum absolute atomic E-state index is 13.3. The quantitative estimate of drug-likeness (QED) is 0.394. The maximum atomic E-state index is 13.3. The molecule has 0 atom stereocenters. The topological polar surface area (TPSA) is 74.0 Å². The number of ether oxygens (including phenoxy) is 1. The van der Waals surface area contributed by atoms with Crippen molar-refractivity contribution in [3.05, 3.63) is 70.4 Å². The van der Waals surface area contributed by atoms with Crippen LogP contribution in [0.4, 0.5) is 18.9 Å². The molecular formula is C23H18ClF3N4O2. The van der Waals surface area contributed by atoms with E-state index in [4.69, 9.17) is 16.3 Å². The van der Waals surface area contributed by atoms with E-state index in [1.165, 1.54) is 30.5 Å². The van der Waals surface area contributed by atoms with Crippen LogP contribution < -0.4 is 4.90 Å². The molecule has 2 aromatic heterocycles. The summed E-state index contributed by atoms with van der Waals surface area (Å²) in [6.07, 6.45) is -3.25. The van der Waals surface area contributed by atoms with Crippen LogP contribution in [0, 0.1) is 0 Å². The first-order valence-electron chi connectivity index (χ1n) is 10.2. The number of benzene rings is 2. The lowest BCUT2D eigenvalue weighted by Crippen LogP contribution is -2.36. The molecule has 0 radical (unpaired) electrons. The Labute approximate surface area is 191 Å². The van der Waals surface area contributed by atoms with E-state index in [9.17, 15) is 18.0 Å². The molecule has 0 saturated carbocycles. The van der Waals surface area contributed by atoms with Crippen LogP contribution >= 0.6 is 11.6 Å². The molecule has 0 spiro atoms. The van der Waals surface area contributed by atoms with Crippen LogP contribution in [0.3, 0.4) is 0 Å². The Kier molecular flexibility index (Phi) is 5.38. The molecule has 4 aromatic rings. The number of carbonyl (C=O) groups is 1. The number of nitrogens with zero attached hydrogens (tertiary/aromatic N) is 2. The van der Waals surface area contributed by atoms with Gasteiger partial charge in [-0.25, -0.2) is 4.98 Å². The summed E-state index contributed by atoms with van der Waals surface area (Å²) < 4.78 is 45.4. The van der Waals surface area contributed by atoms with Crippen molar-refractivity contribution >= 4 is 34.1 Å². The molecule has 170 valence electrons. The van der Waals surface area contributed by atoms with Gasteiger partial charge in [0.2, 0.25) is 0 Å². The lowest BCUT2D eigenvalue weighted by atomic mass is 9.99. The number of H-pyrrole nitrogens is 2. The molecular weight excluding hydrogens is 457 g/mol. The van der Waals surface area contributed by atoms with E-state index >= 15 is 0 Å². The van der Waals surface area contributed by atoms with E-state index < -0.39 is 23.1 Å². The van der Waals surface area contributed by atoms with E-state index in [2.05, 4.69) is 19.9 Å². The van der Waals surface area contributed by atoms with Gasteiger partial charge in [0, 0.05) is 36.1 Å². The number of aromatic amines is 2. The number of rotatable bonds is 4. The summed E-state index contributed by atoms with van der Waals surface area (Å²) in [5.74, 6) is -0.302. The van der Waals surface area contributed by atoms with E-state index in [1.807, 2.05) is 12.1 Å². The fourth-order valence-corrected chi connectivity index (χ4v) is 4.19. The zero-order valence-corrected chi connectivity index (χ0v) is 17.9. The maximum Gasteiger partial charge on any atom is 0.417 e. The van der Waals surface area contributed by atoms with Crippen LogP contribution in [0.5, 0.6) is 0 Å². The summed E-state index contributed by atoms with van der Waals surface area (Å²) in [7, 11) is 0. The number of fused-ring (bicyclic) bond motifs is 1. The molecule has 0 unspecified atom stereocenters. The van der Waals surface area contributed by atoms with Crippen molar-refractivity contribution in [2.24, 2.45) is 0 Å². The SMILES string of the molecule is O=C(c1c[nH]c(-c2nc3c(Cl)cc(N4CCOCC4)cc3[nH]2)c1)c1ccccc1C(F)(F)F. The van der Waals surface area contributed by atoms with Crippen LogP contribution in [0.25, 0.3) is 22.6 Å². The van der Waals surface area contributed by atoms with Gasteiger partial charge >= 0.3 is 6.18 Å². The molecule has 3 heterocycles. The van der Waals surface area contributed by atoms with Gasteiger partial charge in [0.1, 0.15) is 5.52 Å². The van der Waals surface area contributed by atoms with Crippen molar-refractivity contribution in [3.8, 4) is 11.5 Å². The standard InChI is InChI=1S/C23H18ClF3N4O2/c24-17-10-14(31-5-7-33-8-6-31)11-18-20(17)30-22(29-18)19-9-13(12-28-19)21(32)15-3-1-2-4-16(15)23(25,26)27/h1-4,9-12,28H,5-8H2,(H,29,30). The molecule has 1 fully saturated rings. The third-order valence-corrected chi connectivity index (χ3v) is 5.87. The molecule has 5 rings (SSSR count). The van der Waals surface area contributed by atoms with Crippen molar-refractivity contribution in [1.82, 2.24) is 15.0 Å². The molecule has 33 heavy (non-hydrogen) atoms. The monoisotopic (exact) mass is 474 g/mol. The summed E-state index contributed by atoms with van der Waals surface area (Å²) >= 11 is 6.47. The summed E-state index contributed by atoms with van der Waals surface area (Å²) in [6, 6.07) is 9.99. The molecule has 10 heteroatoms. The molecule has 6 nitrogen and oxygen atoms in total. The van der Waals surface area contributed by atoms with E-state index in [0.717, 1.165) is 24.8 Å². The molecule has 1 aliphatic heterocycles. The smallest absolute Gasteiger partial charge is 0.378 e. The minimum Gasteiger partial charge on any atom is -0.378 e. The summed E-state index contributed by atoms with van der Waals surface area (Å²) in [5, 5.41) is 0.471. The normalized spacial score (nSPS) is 14.7. The van der Waals surface area contributed by atoms with Crippen LogP contribution in [0.15, 0.2) is 48.7 Å². The van der Waals surface area contributed by atoms with E-state index in [-0.39, 0.29) is 5.56 Å². The summed E-state index contributed by atoms with van der Waals surface area (Å²) in [5.41, 5.74) is 1.40. The lowest BCUT2D eigenvalue weighted by Gasteiger charge is -2.28. The third kappa shape index (κ3) is 4.09. The first kappa shape index (κ1) is 21.5. The van der Waals surface area contributed by atoms with Crippen molar-refractivity contribution in [2.75, 3.05) is 31.2 Å². The van der Waals surface area contributed by atoms with Gasteiger partial charge in [-0.2, -0.15) is 13.2 Å². The molecule has 1 aliphatic rings. The number of morpholine rings is 1. The Bertz CT molecular complexity index is 1340. The van der Waals surface area contributed by atoms with Gasteiger partial charge in [0.25, 0.3) is 0 Å². The first-order valence-corrected chi connectivity index (χ1v) is 10.6. The van der Waals surface area contributed by atoms with Gasteiger partial charge in [-0.3, -0.25) is 4.79 Å². The number of halogens is 4. The third-order valence-electron chi connectivity index (χ3n) is 5.58. The first-order chi connectivity index (χ1) is 15.8. The number of nitrogens with one attached hydrogen (secondary N) is 2. The lowest BCUT2D eigenvalue weighted by molar-refractivity contribution is -0.137. The van der Waals surface area contributed by atoms with E-state index in [0.29, 0.717) is 40.8 Å². The minimum atomic E-state index is -4.63. The van der Waals surface area contributed by atoms with Crippen molar-refractivity contribution < 1.29 is 22.7 Å². The second-order valence-corrected chi connectivity index (χ2v) is 8.09. The van der Waals surface area contributed by atoms with Gasteiger partial charge < -0.3 is 19.6 Å². The molecule has 0 amide bonds. The minimum absolute atomic E-state index is 0.0993. The molecule has 0 aliphatic carbocycles. The number of imidazole rings is 1. The highest BCUT2D eigenvalue weighted by Crippen LogP contribution is 2.34. The molecule has 1 saturated heterocycles. The predicted octanol–water partition coefficient (Wildman–Crippen LogP) is 5.30. The number of ketones is 1. The number of anilines is 1. The Morgan fingerprint density at radius 2 is 1.88 bits per heavy atom. The van der Waals surface area contributed by atoms with Crippen molar-refractivity contribution in [3.63, 3.8) is 0 Å². The highest BCUT2D eigenvalue weighted by Gasteiger charge is 2.35. The number of hydrogen-bond donors (Lipinski definition) is 2. The highest BCUT2D eigenvalue weighted by molar-refractivity contribution is 6.35. The Morgan fingerprint density at radius 3 is 2.64 bits per heavy atom. The van der Waals surface area contributed by atoms with Gasteiger partial charge in [-0.15, -0.1) is 0 Å². The fourth-order valence-electron chi connectivity index (χ4n) is 3.94. The Hall–Kier alpha value is -3.30. The number of carbonyl (C=O) groups excluding carboxylic acids is 1. The molecule has 2 N–H and O–H groups in total. The Morgan fingerprint density at radius 1 is 1.12 bits per heavy atom. The van der Waals surface area contributed by atoms with Gasteiger partial charge in [0.05, 0.1) is 35.0 Å². The van der Waals surface area contributed by atoms with Crippen LogP contribution in [0.1, 0.15) is 21.5 Å². The van der Waals surface area contributed by atoms with Gasteiger partial charge in [-0.05, 0) is 24.3 Å². The highest BCUT2D eigenvalue weighted by atomic mass is 35.5. The second kappa shape index (κ2) is 8.24. The zero-order valence-electron chi connectivity index (χ0n) is 17.2. The number of hydrogen-bond acceptors (Lipinski definition) is 4. The van der Waals surface area contributed by atoms with Gasteiger partial charge in [0.15, 0.2) is 11.6 Å². The number of alkyl halides is 3. The van der Waals surface area contributed by atoms with Crippen molar-refractivity contribution in [1.29, 1.82) is 0 Å². The predicted molar refractivity (Wildman–Crippen MR) is 119 cm³/mol. The van der Waals surface area contributed by atoms with E-state index in [1.54, 1.807) is 0 Å². The van der Waals surface area contributed by atoms with Crippen molar-refractivity contribution in [2.45, 2.75) is 6.18 Å². The van der Waals surface area contributed by atoms with Crippen LogP contribution in [-0.2, 0) is 10.9 Å². The van der Waals surface area contributed by atoms with Crippen LogP contribution in [-0.4, -0.2) is 47.0 Å². The van der Waals surface area contributed by atoms with Gasteiger partial charge in [-0.1, -0.05) is 29.8 Å². The average molecular weight is 475 g/mol. The Balaban J connectivity index is 1.47. The largest absolute Gasteiger partial charge is 0.417 e. The summed E-state index contributed by atoms with van der Waals surface area (Å²) in [6.45, 7) is 2.79. The van der Waals surface area contributed by atoms with Crippen LogP contribution in [0.2, 0.25) is 5.02 Å². The number of aromatic nitrogens is 3. The molecule has 0 bridgehead atoms. The summed E-state index contributed by atoms with van der Waals surface area (Å²) in [4.78, 5) is 25.6. The average Bonchev–Trinajstić information content (AvgIpc) is 3.46. The zero-order chi connectivity index (χ0) is 23.2.